The first-order valence-electron chi connectivity index (χ1n) is 2.93. The highest BCUT2D eigenvalue weighted by Gasteiger charge is 2.09. The molecule has 0 N–H and O–H groups in total. The molecule has 0 radical (unpaired) electrons. The average Bonchev–Trinajstić information content (AvgIpc) is 1.67. The molecule has 0 unspecified atom stereocenters. The van der Waals surface area contributed by atoms with Gasteiger partial charge in [0.2, 0.25) is 0 Å². The third-order valence-corrected chi connectivity index (χ3v) is 4.52. The summed E-state index contributed by atoms with van der Waals surface area (Å²) in [6, 6.07) is 0. The predicted molar refractivity (Wildman–Crippen MR) is 44.1 cm³/mol. The van der Waals surface area contributed by atoms with Crippen LogP contribution in [0.4, 0.5) is 0 Å². The van der Waals surface area contributed by atoms with Crippen molar-refractivity contribution in [2.24, 2.45) is 0 Å². The Morgan fingerprint density at radius 3 is 2.00 bits per heavy atom. The summed E-state index contributed by atoms with van der Waals surface area (Å²) in [6.45, 7) is 9.08. The van der Waals surface area contributed by atoms with Crippen molar-refractivity contribution in [2.45, 2.75) is 32.3 Å². The first-order chi connectivity index (χ1) is 3.62. The quantitative estimate of drug-likeness (QED) is 0.524. The molecule has 48 valence electrons. The Morgan fingerprint density at radius 1 is 1.38 bits per heavy atom. The smallest absolute Gasteiger partial charge is 0.0103 e. The molecular formula is C6H14P2. The van der Waals surface area contributed by atoms with Crippen LogP contribution >= 0.6 is 15.7 Å². The molecule has 0 saturated carbocycles. The largest absolute Gasteiger partial charge is 0.0791 e. The lowest BCUT2D eigenvalue weighted by atomic mass is 10.1. The van der Waals surface area contributed by atoms with E-state index in [2.05, 4.69) is 27.4 Å². The monoisotopic (exact) mass is 148 g/mol. The Balaban J connectivity index is 3.71. The SMILES string of the molecule is CCC(C)(C)P=PC. The minimum absolute atomic E-state index is 0.552. The summed E-state index contributed by atoms with van der Waals surface area (Å²) in [4.78, 5) is 0. The first-order valence-corrected chi connectivity index (χ1v) is 5.87. The van der Waals surface area contributed by atoms with E-state index in [0.29, 0.717) is 5.16 Å². The second kappa shape index (κ2) is 3.59. The van der Waals surface area contributed by atoms with Gasteiger partial charge in [0.15, 0.2) is 0 Å². The van der Waals surface area contributed by atoms with Gasteiger partial charge in [-0.3, -0.25) is 0 Å². The minimum Gasteiger partial charge on any atom is -0.0791 e. The highest BCUT2D eigenvalue weighted by molar-refractivity contribution is 7.84. The van der Waals surface area contributed by atoms with Crippen LogP contribution in [0.1, 0.15) is 27.2 Å². The Hall–Kier alpha value is 0.600. The Labute approximate surface area is 55.5 Å². The zero-order valence-electron chi connectivity index (χ0n) is 6.10. The molecule has 8 heavy (non-hydrogen) atoms. The first kappa shape index (κ1) is 8.60. The van der Waals surface area contributed by atoms with E-state index in [4.69, 9.17) is 0 Å². The molecule has 2 heteroatoms. The summed E-state index contributed by atoms with van der Waals surface area (Å²) in [5, 5.41) is 0.552. The van der Waals surface area contributed by atoms with Crippen molar-refractivity contribution in [3.8, 4) is 0 Å². The number of hydrogen-bond donors (Lipinski definition) is 0. The van der Waals surface area contributed by atoms with Crippen molar-refractivity contribution in [3.05, 3.63) is 0 Å². The van der Waals surface area contributed by atoms with Crippen molar-refractivity contribution in [1.29, 1.82) is 0 Å². The van der Waals surface area contributed by atoms with Crippen molar-refractivity contribution in [2.75, 3.05) is 6.66 Å². The summed E-state index contributed by atoms with van der Waals surface area (Å²) < 4.78 is 0. The fraction of sp³-hybridized carbons (Fsp3) is 1.00. The maximum atomic E-state index is 2.31. The molecule has 0 atom stereocenters. The van der Waals surface area contributed by atoms with Gasteiger partial charge >= 0.3 is 0 Å². The van der Waals surface area contributed by atoms with Crippen LogP contribution in [0.2, 0.25) is 0 Å². The molecule has 0 fully saturated rings. The third-order valence-electron chi connectivity index (χ3n) is 1.24. The normalized spacial score (nSPS) is 13.0. The van der Waals surface area contributed by atoms with Crippen LogP contribution in [-0.2, 0) is 0 Å². The van der Waals surface area contributed by atoms with Crippen molar-refractivity contribution in [3.63, 3.8) is 0 Å². The van der Waals surface area contributed by atoms with Crippen LogP contribution in [0.25, 0.3) is 0 Å². The molecule has 0 nitrogen and oxygen atoms in total. The topological polar surface area (TPSA) is 0 Å². The van der Waals surface area contributed by atoms with Gasteiger partial charge < -0.3 is 0 Å². The van der Waals surface area contributed by atoms with Crippen LogP contribution in [0, 0.1) is 0 Å². The van der Waals surface area contributed by atoms with Crippen molar-refractivity contribution in [1.82, 2.24) is 0 Å². The lowest BCUT2D eigenvalue weighted by molar-refractivity contribution is 0.684. The van der Waals surface area contributed by atoms with Gasteiger partial charge in [-0.1, -0.05) is 36.5 Å². The molecular weight excluding hydrogens is 134 g/mol. The molecule has 0 aliphatic heterocycles. The van der Waals surface area contributed by atoms with Gasteiger partial charge in [0.25, 0.3) is 0 Å². The van der Waals surface area contributed by atoms with E-state index in [9.17, 15) is 0 Å². The molecule has 0 rings (SSSR count). The van der Waals surface area contributed by atoms with Crippen molar-refractivity contribution >= 4 is 15.7 Å². The molecule has 0 amide bonds. The second-order valence-electron chi connectivity index (χ2n) is 2.47. The Kier molecular flexibility index (Phi) is 3.86. The molecule has 0 aromatic heterocycles. The fourth-order valence-electron chi connectivity index (χ4n) is 0.341. The lowest BCUT2D eigenvalue weighted by Crippen LogP contribution is -2.05. The summed E-state index contributed by atoms with van der Waals surface area (Å²) in [5.74, 6) is 0. The molecule has 0 heterocycles. The molecule has 0 aliphatic carbocycles. The Morgan fingerprint density at radius 2 is 1.88 bits per heavy atom. The molecule has 0 spiro atoms. The lowest BCUT2D eigenvalue weighted by Gasteiger charge is -2.14. The number of rotatable bonds is 2. The van der Waals surface area contributed by atoms with Gasteiger partial charge in [0.1, 0.15) is 0 Å². The van der Waals surface area contributed by atoms with Crippen LogP contribution in [0.3, 0.4) is 0 Å². The van der Waals surface area contributed by atoms with E-state index in [0.717, 1.165) is 0 Å². The molecule has 0 aromatic rings. The van der Waals surface area contributed by atoms with Crippen LogP contribution in [0.15, 0.2) is 0 Å². The van der Waals surface area contributed by atoms with E-state index in [1.165, 1.54) is 14.3 Å². The van der Waals surface area contributed by atoms with E-state index in [1.807, 2.05) is 0 Å². The number of hydrogen-bond acceptors (Lipinski definition) is 0. The molecule has 0 aromatic carbocycles. The van der Waals surface area contributed by atoms with E-state index < -0.39 is 0 Å². The minimum atomic E-state index is 0.552. The van der Waals surface area contributed by atoms with Crippen LogP contribution in [-0.4, -0.2) is 11.8 Å². The van der Waals surface area contributed by atoms with Crippen LogP contribution in [0.5, 0.6) is 0 Å². The summed E-state index contributed by atoms with van der Waals surface area (Å²) in [7, 11) is 3.06. The zero-order chi connectivity index (χ0) is 6.62. The Bertz CT molecular complexity index is 84.5. The summed E-state index contributed by atoms with van der Waals surface area (Å²) in [5.41, 5.74) is 0. The fourth-order valence-corrected chi connectivity index (χ4v) is 3.07. The van der Waals surface area contributed by atoms with Gasteiger partial charge in [-0.05, 0) is 13.1 Å². The van der Waals surface area contributed by atoms with Crippen LogP contribution < -0.4 is 0 Å². The average molecular weight is 148 g/mol. The standard InChI is InChI=1S/C6H14P2/c1-5-6(2,3)8-7-4/h5H2,1-4H3. The van der Waals surface area contributed by atoms with Gasteiger partial charge in [-0.2, -0.15) is 0 Å². The van der Waals surface area contributed by atoms with Gasteiger partial charge in [-0.15, -0.1) is 0 Å². The van der Waals surface area contributed by atoms with Crippen molar-refractivity contribution < 1.29 is 0 Å². The van der Waals surface area contributed by atoms with E-state index in [-0.39, 0.29) is 0 Å². The maximum absolute atomic E-state index is 2.31. The third kappa shape index (κ3) is 3.58. The summed E-state index contributed by atoms with van der Waals surface area (Å²) in [6.07, 6.45) is 1.29. The second-order valence-corrected chi connectivity index (χ2v) is 6.08. The predicted octanol–water partition coefficient (Wildman–Crippen LogP) is 3.61. The molecule has 0 bridgehead atoms. The van der Waals surface area contributed by atoms with E-state index in [1.54, 1.807) is 7.87 Å². The van der Waals surface area contributed by atoms with Gasteiger partial charge in [0, 0.05) is 5.16 Å². The molecule has 0 aliphatic rings. The van der Waals surface area contributed by atoms with Gasteiger partial charge in [0.05, 0.1) is 0 Å². The highest BCUT2D eigenvalue weighted by atomic mass is 31.7. The van der Waals surface area contributed by atoms with E-state index >= 15 is 0 Å². The maximum Gasteiger partial charge on any atom is 0.0103 e. The molecule has 0 saturated heterocycles. The summed E-state index contributed by atoms with van der Waals surface area (Å²) >= 11 is 0. The highest BCUT2D eigenvalue weighted by Crippen LogP contribution is 2.32. The van der Waals surface area contributed by atoms with Gasteiger partial charge in [-0.25, -0.2) is 0 Å². The zero-order valence-corrected chi connectivity index (χ0v) is 7.89.